The van der Waals surface area contributed by atoms with Crippen molar-refractivity contribution in [3.63, 3.8) is 0 Å². The summed E-state index contributed by atoms with van der Waals surface area (Å²) in [6, 6.07) is 16.5. The van der Waals surface area contributed by atoms with Crippen molar-refractivity contribution in [2.75, 3.05) is 7.11 Å². The van der Waals surface area contributed by atoms with E-state index in [1.54, 1.807) is 30.3 Å². The van der Waals surface area contributed by atoms with Crippen LogP contribution >= 0.6 is 23.2 Å². The Morgan fingerprint density at radius 3 is 2.53 bits per heavy atom. The molecule has 34 heavy (non-hydrogen) atoms. The normalized spacial score (nSPS) is 14.0. The molecule has 0 atom stereocenters. The van der Waals surface area contributed by atoms with Crippen LogP contribution in [0.25, 0.3) is 6.08 Å². The molecule has 0 spiro atoms. The number of halogens is 2. The summed E-state index contributed by atoms with van der Waals surface area (Å²) in [5.74, 6) is 0.249. The van der Waals surface area contributed by atoms with E-state index in [4.69, 9.17) is 37.4 Å². The number of benzene rings is 3. The van der Waals surface area contributed by atoms with Crippen molar-refractivity contribution in [1.82, 2.24) is 0 Å². The molecule has 0 aromatic heterocycles. The van der Waals surface area contributed by atoms with Crippen LogP contribution < -0.4 is 9.47 Å². The number of rotatable bonds is 7. The molecule has 1 heterocycles. The number of esters is 1. The highest BCUT2D eigenvalue weighted by Gasteiger charge is 2.26. The molecule has 0 aliphatic carbocycles. The Balaban J connectivity index is 1.55. The highest BCUT2D eigenvalue weighted by Crippen LogP contribution is 2.31. The van der Waals surface area contributed by atoms with Gasteiger partial charge in [-0.25, -0.2) is 9.79 Å². The van der Waals surface area contributed by atoms with E-state index in [-0.39, 0.29) is 27.9 Å². The van der Waals surface area contributed by atoms with Gasteiger partial charge in [-0.15, -0.1) is 0 Å². The number of hydrogen-bond acceptors (Lipinski definition) is 7. The van der Waals surface area contributed by atoms with Crippen LogP contribution in [0.2, 0.25) is 10.0 Å². The van der Waals surface area contributed by atoms with Gasteiger partial charge in [0.2, 0.25) is 5.90 Å². The fourth-order valence-corrected chi connectivity index (χ4v) is 3.42. The van der Waals surface area contributed by atoms with Crippen LogP contribution in [0.5, 0.6) is 11.5 Å². The lowest BCUT2D eigenvalue weighted by atomic mass is 10.1. The molecule has 1 aliphatic rings. The van der Waals surface area contributed by atoms with Crippen LogP contribution in [0.4, 0.5) is 5.69 Å². The lowest BCUT2D eigenvalue weighted by molar-refractivity contribution is -0.384. The van der Waals surface area contributed by atoms with E-state index in [1.807, 2.05) is 12.1 Å². The molecule has 0 N–H and O–H groups in total. The van der Waals surface area contributed by atoms with Crippen molar-refractivity contribution in [2.45, 2.75) is 6.61 Å². The highest BCUT2D eigenvalue weighted by atomic mass is 35.5. The number of nitrogens with zero attached hydrogens (tertiary/aromatic N) is 2. The lowest BCUT2D eigenvalue weighted by Crippen LogP contribution is -2.06. The third-order valence-electron chi connectivity index (χ3n) is 4.81. The average Bonchev–Trinajstić information content (AvgIpc) is 3.19. The van der Waals surface area contributed by atoms with Crippen molar-refractivity contribution in [2.24, 2.45) is 4.99 Å². The van der Waals surface area contributed by atoms with Gasteiger partial charge >= 0.3 is 5.97 Å². The number of cyclic esters (lactones) is 1. The Hall–Kier alpha value is -3.88. The second kappa shape index (κ2) is 9.94. The van der Waals surface area contributed by atoms with Gasteiger partial charge in [-0.05, 0) is 53.6 Å². The third-order valence-corrected chi connectivity index (χ3v) is 5.38. The highest BCUT2D eigenvalue weighted by molar-refractivity contribution is 6.32. The third kappa shape index (κ3) is 5.19. The first kappa shape index (κ1) is 23.3. The first-order valence-electron chi connectivity index (χ1n) is 9.86. The largest absolute Gasteiger partial charge is 0.493 e. The number of nitro benzene ring substituents is 1. The second-order valence-corrected chi connectivity index (χ2v) is 7.93. The molecule has 0 saturated heterocycles. The van der Waals surface area contributed by atoms with E-state index in [9.17, 15) is 14.9 Å². The number of carbonyl (C=O) groups excluding carboxylic acids is 1. The fraction of sp³-hybridized carbons (Fsp3) is 0.0833. The van der Waals surface area contributed by atoms with Crippen LogP contribution in [0, 0.1) is 10.1 Å². The fourth-order valence-electron chi connectivity index (χ4n) is 3.11. The first-order chi connectivity index (χ1) is 16.3. The standard InChI is InChI=1S/C24H16Cl2N2O6/c1-32-22-11-15(4-9-21(22)33-13-14-2-6-17(25)7-3-14)10-19-24(29)34-23(27-19)16-5-8-18(26)20(12-16)28(30)31/h2-12H,13H2,1H3/b19-10-. The smallest absolute Gasteiger partial charge is 0.363 e. The molecule has 3 aromatic rings. The summed E-state index contributed by atoms with van der Waals surface area (Å²) in [7, 11) is 1.51. The second-order valence-electron chi connectivity index (χ2n) is 7.08. The quantitative estimate of drug-likeness (QED) is 0.175. The number of nitro groups is 1. The number of carbonyl (C=O) groups is 1. The topological polar surface area (TPSA) is 100 Å². The van der Waals surface area contributed by atoms with Gasteiger partial charge in [-0.3, -0.25) is 10.1 Å². The van der Waals surface area contributed by atoms with Crippen molar-refractivity contribution in [3.8, 4) is 11.5 Å². The Morgan fingerprint density at radius 1 is 1.06 bits per heavy atom. The first-order valence-corrected chi connectivity index (χ1v) is 10.6. The lowest BCUT2D eigenvalue weighted by Gasteiger charge is -2.11. The minimum absolute atomic E-state index is 0.0279. The van der Waals surface area contributed by atoms with Gasteiger partial charge in [-0.2, -0.15) is 0 Å². The van der Waals surface area contributed by atoms with Crippen molar-refractivity contribution in [3.05, 3.63) is 103 Å². The molecule has 3 aromatic carbocycles. The molecule has 4 rings (SSSR count). The SMILES string of the molecule is COc1cc(/C=C2\N=C(c3ccc(Cl)c([N+](=O)[O-])c3)OC2=O)ccc1OCc1ccc(Cl)cc1. The predicted octanol–water partition coefficient (Wildman–Crippen LogP) is 5.83. The molecule has 0 saturated carbocycles. The minimum Gasteiger partial charge on any atom is -0.493 e. The molecular weight excluding hydrogens is 483 g/mol. The van der Waals surface area contributed by atoms with E-state index < -0.39 is 10.9 Å². The Labute approximate surface area is 204 Å². The molecule has 0 amide bonds. The maximum atomic E-state index is 12.3. The maximum Gasteiger partial charge on any atom is 0.363 e. The molecule has 8 nitrogen and oxygen atoms in total. The zero-order valence-corrected chi connectivity index (χ0v) is 19.2. The molecule has 0 bridgehead atoms. The van der Waals surface area contributed by atoms with Crippen LogP contribution in [0.15, 0.2) is 71.4 Å². The van der Waals surface area contributed by atoms with Gasteiger partial charge in [0.1, 0.15) is 11.6 Å². The number of ether oxygens (including phenoxy) is 3. The molecule has 0 unspecified atom stereocenters. The summed E-state index contributed by atoms with van der Waals surface area (Å²) in [4.78, 5) is 27.0. The summed E-state index contributed by atoms with van der Waals surface area (Å²) >= 11 is 11.7. The number of aliphatic imine (C=N–C) groups is 1. The summed E-state index contributed by atoms with van der Waals surface area (Å²) in [6.45, 7) is 0.321. The number of hydrogen-bond donors (Lipinski definition) is 0. The average molecular weight is 499 g/mol. The molecule has 10 heteroatoms. The van der Waals surface area contributed by atoms with Crippen LogP contribution in [0.1, 0.15) is 16.7 Å². The van der Waals surface area contributed by atoms with E-state index in [2.05, 4.69) is 4.99 Å². The number of methoxy groups -OCH3 is 1. The van der Waals surface area contributed by atoms with Gasteiger partial charge in [0.05, 0.1) is 12.0 Å². The van der Waals surface area contributed by atoms with Crippen LogP contribution in [0.3, 0.4) is 0 Å². The van der Waals surface area contributed by atoms with E-state index >= 15 is 0 Å². The minimum atomic E-state index is -0.686. The molecular formula is C24H16Cl2N2O6. The van der Waals surface area contributed by atoms with Gasteiger partial charge < -0.3 is 14.2 Å². The maximum absolute atomic E-state index is 12.3. The molecule has 0 radical (unpaired) electrons. The Morgan fingerprint density at radius 2 is 1.82 bits per heavy atom. The van der Waals surface area contributed by atoms with Gasteiger partial charge in [0.25, 0.3) is 5.69 Å². The molecule has 172 valence electrons. The summed E-state index contributed by atoms with van der Waals surface area (Å²) < 4.78 is 16.5. The summed E-state index contributed by atoms with van der Waals surface area (Å²) in [5.41, 5.74) is 1.54. The summed E-state index contributed by atoms with van der Waals surface area (Å²) in [6.07, 6.45) is 1.52. The monoisotopic (exact) mass is 498 g/mol. The van der Waals surface area contributed by atoms with Crippen molar-refractivity contribution >= 4 is 46.8 Å². The zero-order valence-electron chi connectivity index (χ0n) is 17.7. The van der Waals surface area contributed by atoms with Crippen molar-refractivity contribution in [1.29, 1.82) is 0 Å². The van der Waals surface area contributed by atoms with Crippen LogP contribution in [-0.4, -0.2) is 23.9 Å². The Bertz CT molecular complexity index is 1340. The Kier molecular flexibility index (Phi) is 6.81. The van der Waals surface area contributed by atoms with Gasteiger partial charge in [-0.1, -0.05) is 41.4 Å². The van der Waals surface area contributed by atoms with Crippen LogP contribution in [-0.2, 0) is 16.1 Å². The molecule has 0 fully saturated rings. The van der Waals surface area contributed by atoms with Crippen molar-refractivity contribution < 1.29 is 23.9 Å². The van der Waals surface area contributed by atoms with Gasteiger partial charge in [0.15, 0.2) is 17.2 Å². The predicted molar refractivity (Wildman–Crippen MR) is 127 cm³/mol. The van der Waals surface area contributed by atoms with Gasteiger partial charge in [0, 0.05) is 16.7 Å². The van der Waals surface area contributed by atoms with E-state index in [0.717, 1.165) is 5.56 Å². The summed E-state index contributed by atoms with van der Waals surface area (Å²) in [5, 5.41) is 11.7. The molecule has 1 aliphatic heterocycles. The zero-order chi connectivity index (χ0) is 24.2. The van der Waals surface area contributed by atoms with E-state index in [1.165, 1.54) is 31.4 Å². The van der Waals surface area contributed by atoms with E-state index in [0.29, 0.717) is 28.7 Å².